The summed E-state index contributed by atoms with van der Waals surface area (Å²) in [6.45, 7) is 2.38. The molecule has 1 atom stereocenters. The molecule has 0 spiro atoms. The smallest absolute Gasteiger partial charge is 0.234 e. The first-order valence-electron chi connectivity index (χ1n) is 5.16. The molecule has 0 bridgehead atoms. The zero-order chi connectivity index (χ0) is 10.7. The Morgan fingerprint density at radius 1 is 1.73 bits per heavy atom. The summed E-state index contributed by atoms with van der Waals surface area (Å²) in [5.41, 5.74) is 2.80. The molecule has 1 unspecified atom stereocenters. The molecule has 0 aromatic carbocycles. The monoisotopic (exact) mass is 225 g/mol. The Morgan fingerprint density at radius 2 is 2.53 bits per heavy atom. The van der Waals surface area contributed by atoms with E-state index in [-0.39, 0.29) is 11.9 Å². The third kappa shape index (κ3) is 3.28. The van der Waals surface area contributed by atoms with E-state index in [1.165, 1.54) is 0 Å². The number of amides is 1. The molecule has 1 aliphatic rings. The number of carbonyl (C=O) groups is 1. The van der Waals surface area contributed by atoms with E-state index in [2.05, 4.69) is 15.6 Å². The second-order valence-corrected chi connectivity index (χ2v) is 4.58. The number of hydrogen-bond donors (Lipinski definition) is 2. The Kier molecular flexibility index (Phi) is 3.33. The fourth-order valence-corrected chi connectivity index (χ4v) is 1.94. The Hall–Kier alpha value is -0.940. The van der Waals surface area contributed by atoms with Gasteiger partial charge in [0, 0.05) is 17.5 Å². The van der Waals surface area contributed by atoms with Crippen molar-refractivity contribution in [3.63, 3.8) is 0 Å². The first-order valence-corrected chi connectivity index (χ1v) is 6.11. The number of rotatable bonds is 5. The van der Waals surface area contributed by atoms with Crippen LogP contribution in [-0.4, -0.2) is 23.5 Å². The maximum absolute atomic E-state index is 11.4. The Balaban J connectivity index is 1.70. The van der Waals surface area contributed by atoms with Gasteiger partial charge in [-0.3, -0.25) is 4.79 Å². The van der Waals surface area contributed by atoms with Crippen LogP contribution in [0, 0.1) is 0 Å². The normalized spacial score (nSPS) is 17.4. The minimum Gasteiger partial charge on any atom is -0.352 e. The van der Waals surface area contributed by atoms with Crippen LogP contribution in [0.1, 0.15) is 31.5 Å². The van der Waals surface area contributed by atoms with Crippen molar-refractivity contribution in [1.82, 2.24) is 15.6 Å². The molecule has 1 aromatic rings. The fourth-order valence-electron chi connectivity index (χ4n) is 1.29. The minimum atomic E-state index is 0.0829. The summed E-state index contributed by atoms with van der Waals surface area (Å²) in [7, 11) is 0. The fraction of sp³-hybridized carbons (Fsp3) is 0.600. The van der Waals surface area contributed by atoms with E-state index in [4.69, 9.17) is 0 Å². The van der Waals surface area contributed by atoms with Gasteiger partial charge in [0.15, 0.2) is 0 Å². The molecule has 5 heteroatoms. The molecular weight excluding hydrogens is 210 g/mol. The number of nitrogens with one attached hydrogen (secondary N) is 2. The van der Waals surface area contributed by atoms with Gasteiger partial charge in [0.2, 0.25) is 5.91 Å². The van der Waals surface area contributed by atoms with Crippen molar-refractivity contribution in [3.8, 4) is 0 Å². The van der Waals surface area contributed by atoms with E-state index >= 15 is 0 Å². The summed E-state index contributed by atoms with van der Waals surface area (Å²) in [6.07, 6.45) is 2.26. The van der Waals surface area contributed by atoms with E-state index in [1.807, 2.05) is 12.3 Å². The van der Waals surface area contributed by atoms with Crippen LogP contribution in [0.15, 0.2) is 10.9 Å². The van der Waals surface area contributed by atoms with Crippen LogP contribution in [0.4, 0.5) is 0 Å². The predicted molar refractivity (Wildman–Crippen MR) is 59.7 cm³/mol. The molecule has 2 rings (SSSR count). The third-order valence-corrected chi connectivity index (χ3v) is 3.01. The molecule has 15 heavy (non-hydrogen) atoms. The summed E-state index contributed by atoms with van der Waals surface area (Å²) in [6, 6.07) is 0.579. The van der Waals surface area contributed by atoms with Crippen LogP contribution in [0.2, 0.25) is 0 Å². The van der Waals surface area contributed by atoms with Crippen LogP contribution >= 0.6 is 11.3 Å². The average molecular weight is 225 g/mol. The average Bonchev–Trinajstić information content (AvgIpc) is 2.86. The minimum absolute atomic E-state index is 0.0829. The van der Waals surface area contributed by atoms with Crippen LogP contribution in [0.3, 0.4) is 0 Å². The summed E-state index contributed by atoms with van der Waals surface area (Å²) in [5, 5.41) is 8.08. The molecule has 4 nitrogen and oxygen atoms in total. The van der Waals surface area contributed by atoms with Crippen LogP contribution < -0.4 is 10.6 Å². The predicted octanol–water partition coefficient (Wildman–Crippen LogP) is 1.07. The number of aromatic nitrogens is 1. The summed E-state index contributed by atoms with van der Waals surface area (Å²) < 4.78 is 0. The van der Waals surface area contributed by atoms with Gasteiger partial charge in [-0.25, -0.2) is 4.98 Å². The van der Waals surface area contributed by atoms with Gasteiger partial charge in [-0.1, -0.05) is 0 Å². The quantitative estimate of drug-likeness (QED) is 0.788. The second-order valence-electron chi connectivity index (χ2n) is 3.86. The highest BCUT2D eigenvalue weighted by molar-refractivity contribution is 7.07. The lowest BCUT2D eigenvalue weighted by Crippen LogP contribution is -2.36. The van der Waals surface area contributed by atoms with Gasteiger partial charge in [-0.05, 0) is 19.8 Å². The number of hydrogen-bond acceptors (Lipinski definition) is 4. The van der Waals surface area contributed by atoms with Crippen molar-refractivity contribution in [2.75, 3.05) is 6.54 Å². The molecule has 2 N–H and O–H groups in total. The maximum Gasteiger partial charge on any atom is 0.234 e. The van der Waals surface area contributed by atoms with Crippen LogP contribution in [0.25, 0.3) is 0 Å². The highest BCUT2D eigenvalue weighted by atomic mass is 32.1. The Morgan fingerprint density at radius 3 is 3.13 bits per heavy atom. The lowest BCUT2D eigenvalue weighted by Gasteiger charge is -2.11. The van der Waals surface area contributed by atoms with Crippen molar-refractivity contribution < 1.29 is 4.79 Å². The molecular formula is C10H15N3OS. The zero-order valence-corrected chi connectivity index (χ0v) is 9.51. The van der Waals surface area contributed by atoms with Crippen molar-refractivity contribution in [1.29, 1.82) is 0 Å². The SMILES string of the molecule is CC(NCC(=O)NC1CC1)c1cscn1. The van der Waals surface area contributed by atoms with E-state index in [0.717, 1.165) is 18.5 Å². The molecule has 1 aliphatic carbocycles. The van der Waals surface area contributed by atoms with Gasteiger partial charge >= 0.3 is 0 Å². The van der Waals surface area contributed by atoms with Crippen molar-refractivity contribution in [2.45, 2.75) is 31.8 Å². The molecule has 1 heterocycles. The molecule has 1 amide bonds. The molecule has 82 valence electrons. The number of thiazole rings is 1. The van der Waals surface area contributed by atoms with Gasteiger partial charge < -0.3 is 10.6 Å². The topological polar surface area (TPSA) is 54.0 Å². The van der Waals surface area contributed by atoms with Gasteiger partial charge in [0.25, 0.3) is 0 Å². The highest BCUT2D eigenvalue weighted by Gasteiger charge is 2.23. The van der Waals surface area contributed by atoms with Crippen molar-refractivity contribution in [2.24, 2.45) is 0 Å². The van der Waals surface area contributed by atoms with Gasteiger partial charge in [-0.2, -0.15) is 0 Å². The lowest BCUT2D eigenvalue weighted by molar-refractivity contribution is -0.120. The maximum atomic E-state index is 11.4. The largest absolute Gasteiger partial charge is 0.352 e. The second kappa shape index (κ2) is 4.72. The standard InChI is InChI=1S/C10H15N3OS/c1-7(9-5-15-6-12-9)11-4-10(14)13-8-2-3-8/h5-8,11H,2-4H2,1H3,(H,13,14). The Labute approximate surface area is 93.1 Å². The van der Waals surface area contributed by atoms with Crippen LogP contribution in [0.5, 0.6) is 0 Å². The summed E-state index contributed by atoms with van der Waals surface area (Å²) >= 11 is 1.57. The highest BCUT2D eigenvalue weighted by Crippen LogP contribution is 2.18. The molecule has 0 saturated heterocycles. The Bertz CT molecular complexity index is 321. The number of carbonyl (C=O) groups excluding carboxylic acids is 1. The first-order chi connectivity index (χ1) is 7.25. The van der Waals surface area contributed by atoms with Crippen molar-refractivity contribution >= 4 is 17.2 Å². The van der Waals surface area contributed by atoms with E-state index in [1.54, 1.807) is 16.8 Å². The first kappa shape index (κ1) is 10.6. The van der Waals surface area contributed by atoms with Crippen LogP contribution in [-0.2, 0) is 4.79 Å². The van der Waals surface area contributed by atoms with E-state index < -0.39 is 0 Å². The lowest BCUT2D eigenvalue weighted by atomic mass is 10.2. The molecule has 1 aromatic heterocycles. The van der Waals surface area contributed by atoms with Gasteiger partial charge in [0.05, 0.1) is 17.7 Å². The molecule has 0 radical (unpaired) electrons. The molecule has 1 saturated carbocycles. The summed E-state index contributed by atoms with van der Waals surface area (Å²) in [5.74, 6) is 0.0829. The molecule has 0 aliphatic heterocycles. The van der Waals surface area contributed by atoms with E-state index in [0.29, 0.717) is 12.6 Å². The van der Waals surface area contributed by atoms with E-state index in [9.17, 15) is 4.79 Å². The zero-order valence-electron chi connectivity index (χ0n) is 8.69. The van der Waals surface area contributed by atoms with Gasteiger partial charge in [-0.15, -0.1) is 11.3 Å². The third-order valence-electron chi connectivity index (χ3n) is 2.41. The number of nitrogens with zero attached hydrogens (tertiary/aromatic N) is 1. The summed E-state index contributed by atoms with van der Waals surface area (Å²) in [4.78, 5) is 15.6. The van der Waals surface area contributed by atoms with Crippen molar-refractivity contribution in [3.05, 3.63) is 16.6 Å². The molecule has 1 fully saturated rings. The van der Waals surface area contributed by atoms with Gasteiger partial charge in [0.1, 0.15) is 0 Å².